The number of aryl methyl sites for hydroxylation is 1. The smallest absolute Gasteiger partial charge is 0.261 e. The van der Waals surface area contributed by atoms with Gasteiger partial charge in [0.1, 0.15) is 17.5 Å². The SMILES string of the molecule is COc1ccc(CN(C(=O)COc2ccccc2Cl)C(Cc2ccccc2)C(=O)NCc2ccc(C)cc2)cc1. The number of amides is 2. The highest BCUT2D eigenvalue weighted by molar-refractivity contribution is 6.32. The van der Waals surface area contributed by atoms with Gasteiger partial charge in [0.15, 0.2) is 6.61 Å². The highest BCUT2D eigenvalue weighted by Crippen LogP contribution is 2.24. The van der Waals surface area contributed by atoms with Gasteiger partial charge < -0.3 is 19.7 Å². The molecule has 0 radical (unpaired) electrons. The number of methoxy groups -OCH3 is 1. The van der Waals surface area contributed by atoms with Gasteiger partial charge in [-0.1, -0.05) is 96.0 Å². The first kappa shape index (κ1) is 28.7. The molecular formula is C33H33ClN2O4. The van der Waals surface area contributed by atoms with Crippen LogP contribution in [-0.2, 0) is 29.1 Å². The molecule has 1 unspecified atom stereocenters. The highest BCUT2D eigenvalue weighted by atomic mass is 35.5. The number of benzene rings is 4. The Kier molecular flexibility index (Phi) is 10.2. The zero-order valence-corrected chi connectivity index (χ0v) is 23.4. The van der Waals surface area contributed by atoms with E-state index in [1.807, 2.05) is 85.8 Å². The number of nitrogens with zero attached hydrogens (tertiary/aromatic N) is 1. The minimum atomic E-state index is -0.780. The fourth-order valence-corrected chi connectivity index (χ4v) is 4.47. The molecule has 0 aliphatic heterocycles. The molecule has 2 amide bonds. The van der Waals surface area contributed by atoms with Gasteiger partial charge in [0.05, 0.1) is 12.1 Å². The number of halogens is 1. The van der Waals surface area contributed by atoms with E-state index >= 15 is 0 Å². The van der Waals surface area contributed by atoms with E-state index in [4.69, 9.17) is 21.1 Å². The van der Waals surface area contributed by atoms with E-state index in [1.54, 1.807) is 36.3 Å². The summed E-state index contributed by atoms with van der Waals surface area (Å²) >= 11 is 6.25. The Hall–Kier alpha value is -4.29. The maximum atomic E-state index is 13.8. The lowest BCUT2D eigenvalue weighted by atomic mass is 10.0. The molecule has 1 N–H and O–H groups in total. The largest absolute Gasteiger partial charge is 0.497 e. The van der Waals surface area contributed by atoms with Crippen molar-refractivity contribution in [2.24, 2.45) is 0 Å². The average molecular weight is 557 g/mol. The maximum absolute atomic E-state index is 13.8. The van der Waals surface area contributed by atoms with Crippen LogP contribution >= 0.6 is 11.6 Å². The van der Waals surface area contributed by atoms with E-state index in [9.17, 15) is 9.59 Å². The van der Waals surface area contributed by atoms with Crippen molar-refractivity contribution in [1.29, 1.82) is 0 Å². The van der Waals surface area contributed by atoms with Crippen LogP contribution < -0.4 is 14.8 Å². The van der Waals surface area contributed by atoms with E-state index in [-0.39, 0.29) is 25.0 Å². The minimum Gasteiger partial charge on any atom is -0.497 e. The second-order valence-electron chi connectivity index (χ2n) is 9.50. The third-order valence-electron chi connectivity index (χ3n) is 6.56. The summed E-state index contributed by atoms with van der Waals surface area (Å²) in [6.07, 6.45) is 0.342. The highest BCUT2D eigenvalue weighted by Gasteiger charge is 2.30. The summed E-state index contributed by atoms with van der Waals surface area (Å²) in [6, 6.07) is 31.3. The predicted octanol–water partition coefficient (Wildman–Crippen LogP) is 5.99. The Balaban J connectivity index is 1.61. The molecule has 0 fully saturated rings. The molecule has 0 aliphatic carbocycles. The number of hydrogen-bond acceptors (Lipinski definition) is 4. The molecule has 0 bridgehead atoms. The van der Waals surface area contributed by atoms with Crippen LogP contribution in [0, 0.1) is 6.92 Å². The Labute approximate surface area is 240 Å². The van der Waals surface area contributed by atoms with Gasteiger partial charge in [-0.25, -0.2) is 0 Å². The van der Waals surface area contributed by atoms with Crippen molar-refractivity contribution >= 4 is 23.4 Å². The summed E-state index contributed by atoms with van der Waals surface area (Å²) in [5.41, 5.74) is 3.92. The van der Waals surface area contributed by atoms with Crippen molar-refractivity contribution in [2.45, 2.75) is 32.5 Å². The number of ether oxygens (including phenoxy) is 2. The van der Waals surface area contributed by atoms with Gasteiger partial charge >= 0.3 is 0 Å². The van der Waals surface area contributed by atoms with Gasteiger partial charge in [-0.05, 0) is 47.9 Å². The zero-order chi connectivity index (χ0) is 28.3. The van der Waals surface area contributed by atoms with Gasteiger partial charge in [0.25, 0.3) is 5.91 Å². The van der Waals surface area contributed by atoms with Crippen molar-refractivity contribution in [2.75, 3.05) is 13.7 Å². The molecule has 6 nitrogen and oxygen atoms in total. The fourth-order valence-electron chi connectivity index (χ4n) is 4.28. The second kappa shape index (κ2) is 14.2. The monoisotopic (exact) mass is 556 g/mol. The number of hydrogen-bond donors (Lipinski definition) is 1. The van der Waals surface area contributed by atoms with Gasteiger partial charge in [-0.3, -0.25) is 9.59 Å². The van der Waals surface area contributed by atoms with Crippen LogP contribution in [-0.4, -0.2) is 36.5 Å². The van der Waals surface area contributed by atoms with Crippen molar-refractivity contribution in [3.05, 3.63) is 130 Å². The van der Waals surface area contributed by atoms with Gasteiger partial charge in [-0.2, -0.15) is 0 Å². The van der Waals surface area contributed by atoms with Crippen molar-refractivity contribution in [1.82, 2.24) is 10.2 Å². The van der Waals surface area contributed by atoms with E-state index in [0.29, 0.717) is 29.5 Å². The second-order valence-corrected chi connectivity index (χ2v) is 9.90. The van der Waals surface area contributed by atoms with Crippen LogP contribution in [0.1, 0.15) is 22.3 Å². The molecular weight excluding hydrogens is 524 g/mol. The van der Waals surface area contributed by atoms with Gasteiger partial charge in [0, 0.05) is 19.5 Å². The van der Waals surface area contributed by atoms with E-state index in [1.165, 1.54) is 0 Å². The lowest BCUT2D eigenvalue weighted by Gasteiger charge is -2.31. The molecule has 7 heteroatoms. The summed E-state index contributed by atoms with van der Waals surface area (Å²) in [7, 11) is 1.60. The Morgan fingerprint density at radius 2 is 1.48 bits per heavy atom. The van der Waals surface area contributed by atoms with Crippen LogP contribution in [0.5, 0.6) is 11.5 Å². The predicted molar refractivity (Wildman–Crippen MR) is 157 cm³/mol. The third-order valence-corrected chi connectivity index (χ3v) is 6.87. The summed E-state index contributed by atoms with van der Waals surface area (Å²) in [5, 5.41) is 3.46. The van der Waals surface area contributed by atoms with E-state index < -0.39 is 6.04 Å². The maximum Gasteiger partial charge on any atom is 0.261 e. The quantitative estimate of drug-likeness (QED) is 0.233. The van der Waals surface area contributed by atoms with Gasteiger partial charge in [0.2, 0.25) is 5.91 Å². The topological polar surface area (TPSA) is 67.9 Å². The summed E-state index contributed by atoms with van der Waals surface area (Å²) in [5.74, 6) is 0.539. The van der Waals surface area contributed by atoms with E-state index in [2.05, 4.69) is 5.32 Å². The van der Waals surface area contributed by atoms with Gasteiger partial charge in [-0.15, -0.1) is 0 Å². The lowest BCUT2D eigenvalue weighted by Crippen LogP contribution is -2.51. The Morgan fingerprint density at radius 1 is 0.825 bits per heavy atom. The lowest BCUT2D eigenvalue weighted by molar-refractivity contribution is -0.142. The molecule has 0 saturated carbocycles. The van der Waals surface area contributed by atoms with Crippen LogP contribution in [0.4, 0.5) is 0 Å². The molecule has 4 aromatic rings. The molecule has 0 heterocycles. The first-order valence-electron chi connectivity index (χ1n) is 13.1. The first-order chi connectivity index (χ1) is 19.4. The number of para-hydroxylation sites is 1. The zero-order valence-electron chi connectivity index (χ0n) is 22.7. The van der Waals surface area contributed by atoms with Crippen molar-refractivity contribution in [3.63, 3.8) is 0 Å². The van der Waals surface area contributed by atoms with Crippen LogP contribution in [0.2, 0.25) is 5.02 Å². The van der Waals surface area contributed by atoms with Crippen LogP contribution in [0.3, 0.4) is 0 Å². The number of nitrogens with one attached hydrogen (secondary N) is 1. The third kappa shape index (κ3) is 8.10. The average Bonchev–Trinajstić information content (AvgIpc) is 2.98. The molecule has 206 valence electrons. The Bertz CT molecular complexity index is 1390. The molecule has 0 spiro atoms. The number of rotatable bonds is 12. The number of carbonyl (C=O) groups is 2. The summed E-state index contributed by atoms with van der Waals surface area (Å²) in [6.45, 7) is 2.32. The Morgan fingerprint density at radius 3 is 2.15 bits per heavy atom. The molecule has 0 aliphatic rings. The molecule has 1 atom stereocenters. The van der Waals surface area contributed by atoms with Crippen molar-refractivity contribution in [3.8, 4) is 11.5 Å². The molecule has 4 rings (SSSR count). The number of carbonyl (C=O) groups excluding carboxylic acids is 2. The molecule has 40 heavy (non-hydrogen) atoms. The molecule has 0 saturated heterocycles. The first-order valence-corrected chi connectivity index (χ1v) is 13.5. The summed E-state index contributed by atoms with van der Waals surface area (Å²) < 4.78 is 11.1. The van der Waals surface area contributed by atoms with Crippen LogP contribution in [0.25, 0.3) is 0 Å². The molecule has 4 aromatic carbocycles. The molecule has 0 aromatic heterocycles. The van der Waals surface area contributed by atoms with Crippen molar-refractivity contribution < 1.29 is 19.1 Å². The standard InChI is InChI=1S/C33H33ClN2O4/c1-24-12-14-26(15-13-24)21-35-33(38)30(20-25-8-4-3-5-9-25)36(22-27-16-18-28(39-2)19-17-27)32(37)23-40-31-11-7-6-10-29(31)34/h3-19,30H,20-23H2,1-2H3,(H,35,38). The normalized spacial score (nSPS) is 11.4. The summed E-state index contributed by atoms with van der Waals surface area (Å²) in [4.78, 5) is 29.1. The minimum absolute atomic E-state index is 0.212. The van der Waals surface area contributed by atoms with E-state index in [0.717, 1.165) is 22.3 Å². The van der Waals surface area contributed by atoms with Crippen LogP contribution in [0.15, 0.2) is 103 Å². The fraction of sp³-hybridized carbons (Fsp3) is 0.212.